The number of hydrogen-bond acceptors (Lipinski definition) is 4. The van der Waals surface area contributed by atoms with E-state index in [1.165, 1.54) is 11.9 Å². The van der Waals surface area contributed by atoms with Crippen LogP contribution in [0.4, 0.5) is 0 Å². The first-order chi connectivity index (χ1) is 9.26. The zero-order valence-corrected chi connectivity index (χ0v) is 11.6. The maximum Gasteiger partial charge on any atom is 0.146 e. The molecule has 2 rings (SSSR count). The minimum absolute atomic E-state index is 0.0303. The van der Waals surface area contributed by atoms with Crippen molar-refractivity contribution in [3.05, 3.63) is 41.5 Å². The molecule has 0 bridgehead atoms. The lowest BCUT2D eigenvalue weighted by atomic mass is 10.0. The highest BCUT2D eigenvalue weighted by atomic mass is 16.5. The summed E-state index contributed by atoms with van der Waals surface area (Å²) in [6.07, 6.45) is 2.58. The number of H-pyrrole nitrogens is 1. The molecule has 0 aliphatic heterocycles. The Bertz CT molecular complexity index is 510. The van der Waals surface area contributed by atoms with Crippen LogP contribution in [0.1, 0.15) is 36.3 Å². The molecule has 5 nitrogen and oxygen atoms in total. The molecule has 1 aromatic heterocycles. The molecule has 0 amide bonds. The number of ether oxygens (including phenoxy) is 1. The Labute approximate surface area is 113 Å². The van der Waals surface area contributed by atoms with Crippen molar-refractivity contribution in [3.63, 3.8) is 0 Å². The van der Waals surface area contributed by atoms with Gasteiger partial charge in [0.2, 0.25) is 0 Å². The van der Waals surface area contributed by atoms with Crippen LogP contribution in [0.3, 0.4) is 0 Å². The minimum atomic E-state index is -0.0303. The number of aryl methyl sites for hydroxylation is 1. The Hall–Kier alpha value is -1.88. The quantitative estimate of drug-likeness (QED) is 0.836. The highest BCUT2D eigenvalue weighted by molar-refractivity contribution is 5.41. The summed E-state index contributed by atoms with van der Waals surface area (Å²) < 4.78 is 5.46. The van der Waals surface area contributed by atoms with Crippen LogP contribution in [0, 0.1) is 6.92 Å². The zero-order valence-electron chi connectivity index (χ0n) is 11.6. The van der Waals surface area contributed by atoms with Crippen molar-refractivity contribution in [3.8, 4) is 5.75 Å². The fraction of sp³-hybridized carbons (Fsp3) is 0.429. The fourth-order valence-electron chi connectivity index (χ4n) is 2.08. The lowest BCUT2D eigenvalue weighted by Crippen LogP contribution is -2.25. The Morgan fingerprint density at radius 2 is 2.26 bits per heavy atom. The van der Waals surface area contributed by atoms with E-state index in [1.807, 2.05) is 12.1 Å². The van der Waals surface area contributed by atoms with Gasteiger partial charge in [-0.2, -0.15) is 5.10 Å². The van der Waals surface area contributed by atoms with E-state index in [9.17, 15) is 0 Å². The van der Waals surface area contributed by atoms with Crippen molar-refractivity contribution in [1.29, 1.82) is 0 Å². The molecule has 102 valence electrons. The maximum absolute atomic E-state index is 5.46. The number of aromatic amines is 1. The summed E-state index contributed by atoms with van der Waals surface area (Å²) in [5.74, 6) is 1.66. The van der Waals surface area contributed by atoms with Crippen LogP contribution in [0.25, 0.3) is 0 Å². The van der Waals surface area contributed by atoms with Gasteiger partial charge in [-0.25, -0.2) is 4.98 Å². The van der Waals surface area contributed by atoms with Gasteiger partial charge in [-0.3, -0.25) is 5.10 Å². The third-order valence-corrected chi connectivity index (χ3v) is 3.00. The third kappa shape index (κ3) is 3.12. The van der Waals surface area contributed by atoms with Crippen molar-refractivity contribution in [2.45, 2.75) is 26.3 Å². The number of hydrogen-bond donors (Lipinski definition) is 2. The molecule has 0 aliphatic carbocycles. The van der Waals surface area contributed by atoms with Gasteiger partial charge in [-0.05, 0) is 26.0 Å². The molecule has 1 atom stereocenters. The molecule has 5 heteroatoms. The molecule has 2 aromatic rings. The Morgan fingerprint density at radius 3 is 2.89 bits per heavy atom. The standard InChI is InChI=1S/C14H20N4O/c1-4-7-15-13(14-16-9-17-18-14)11-8-10(2)5-6-12(11)19-3/h5-6,8-9,13,15H,4,7H2,1-3H3,(H,16,17,18). The Kier molecular flexibility index (Phi) is 4.52. The van der Waals surface area contributed by atoms with Crippen LogP contribution in [-0.2, 0) is 0 Å². The van der Waals surface area contributed by atoms with Crippen molar-refractivity contribution in [1.82, 2.24) is 20.5 Å². The highest BCUT2D eigenvalue weighted by Crippen LogP contribution is 2.29. The van der Waals surface area contributed by atoms with E-state index in [0.717, 1.165) is 30.1 Å². The lowest BCUT2D eigenvalue weighted by molar-refractivity contribution is 0.402. The normalized spacial score (nSPS) is 12.4. The predicted octanol–water partition coefficient (Wildman–Crippen LogP) is 2.21. The van der Waals surface area contributed by atoms with E-state index in [4.69, 9.17) is 4.74 Å². The second-order valence-corrected chi connectivity index (χ2v) is 4.50. The number of nitrogens with zero attached hydrogens (tertiary/aromatic N) is 2. The van der Waals surface area contributed by atoms with Crippen molar-refractivity contribution >= 4 is 0 Å². The largest absolute Gasteiger partial charge is 0.496 e. The van der Waals surface area contributed by atoms with E-state index in [2.05, 4.69) is 40.4 Å². The van der Waals surface area contributed by atoms with Gasteiger partial charge < -0.3 is 10.1 Å². The lowest BCUT2D eigenvalue weighted by Gasteiger charge is -2.19. The van der Waals surface area contributed by atoms with Crippen molar-refractivity contribution < 1.29 is 4.74 Å². The maximum atomic E-state index is 5.46. The van der Waals surface area contributed by atoms with E-state index in [1.54, 1.807) is 7.11 Å². The van der Waals surface area contributed by atoms with Crippen LogP contribution in [-0.4, -0.2) is 28.8 Å². The first-order valence-corrected chi connectivity index (χ1v) is 6.49. The summed E-state index contributed by atoms with van der Waals surface area (Å²) in [6, 6.07) is 6.12. The first-order valence-electron chi connectivity index (χ1n) is 6.49. The first kappa shape index (κ1) is 13.5. The second-order valence-electron chi connectivity index (χ2n) is 4.50. The summed E-state index contributed by atoms with van der Waals surface area (Å²) in [6.45, 7) is 5.11. The van der Waals surface area contributed by atoms with Gasteiger partial charge in [-0.15, -0.1) is 0 Å². The Balaban J connectivity index is 2.39. The third-order valence-electron chi connectivity index (χ3n) is 3.00. The molecular weight excluding hydrogens is 240 g/mol. The number of benzene rings is 1. The zero-order chi connectivity index (χ0) is 13.7. The topological polar surface area (TPSA) is 62.8 Å². The summed E-state index contributed by atoms with van der Waals surface area (Å²) >= 11 is 0. The van der Waals surface area contributed by atoms with Crippen LogP contribution in [0.5, 0.6) is 5.75 Å². The summed E-state index contributed by atoms with van der Waals surface area (Å²) in [7, 11) is 1.69. The number of aromatic nitrogens is 3. The summed E-state index contributed by atoms with van der Waals surface area (Å²) in [5.41, 5.74) is 2.27. The monoisotopic (exact) mass is 260 g/mol. The molecule has 1 aromatic carbocycles. The molecule has 1 unspecified atom stereocenters. The average Bonchev–Trinajstić information content (AvgIpc) is 2.93. The Morgan fingerprint density at radius 1 is 1.42 bits per heavy atom. The molecule has 2 N–H and O–H groups in total. The molecule has 0 spiro atoms. The van der Waals surface area contributed by atoms with Gasteiger partial charge in [0.1, 0.15) is 17.9 Å². The molecular formula is C14H20N4O. The average molecular weight is 260 g/mol. The van der Waals surface area contributed by atoms with Gasteiger partial charge in [-0.1, -0.05) is 24.6 Å². The van der Waals surface area contributed by atoms with Gasteiger partial charge in [0.05, 0.1) is 13.2 Å². The SMILES string of the molecule is CCCNC(c1ncn[nH]1)c1cc(C)ccc1OC. The van der Waals surface area contributed by atoms with E-state index in [0.29, 0.717) is 0 Å². The molecule has 1 heterocycles. The number of nitrogens with one attached hydrogen (secondary N) is 2. The van der Waals surface area contributed by atoms with Crippen LogP contribution in [0.15, 0.2) is 24.5 Å². The molecule has 19 heavy (non-hydrogen) atoms. The van der Waals surface area contributed by atoms with E-state index >= 15 is 0 Å². The van der Waals surface area contributed by atoms with Crippen molar-refractivity contribution in [2.75, 3.05) is 13.7 Å². The number of rotatable bonds is 6. The molecule has 0 fully saturated rings. The smallest absolute Gasteiger partial charge is 0.146 e. The van der Waals surface area contributed by atoms with Gasteiger partial charge in [0, 0.05) is 5.56 Å². The molecule has 0 saturated heterocycles. The highest BCUT2D eigenvalue weighted by Gasteiger charge is 2.20. The van der Waals surface area contributed by atoms with E-state index < -0.39 is 0 Å². The van der Waals surface area contributed by atoms with E-state index in [-0.39, 0.29) is 6.04 Å². The second kappa shape index (κ2) is 6.33. The van der Waals surface area contributed by atoms with Gasteiger partial charge in [0.25, 0.3) is 0 Å². The van der Waals surface area contributed by atoms with Crippen LogP contribution >= 0.6 is 0 Å². The number of methoxy groups -OCH3 is 1. The molecule has 0 aliphatic rings. The van der Waals surface area contributed by atoms with Crippen molar-refractivity contribution in [2.24, 2.45) is 0 Å². The van der Waals surface area contributed by atoms with Crippen LogP contribution in [0.2, 0.25) is 0 Å². The summed E-state index contributed by atoms with van der Waals surface area (Å²) in [5, 5.41) is 10.4. The van der Waals surface area contributed by atoms with Gasteiger partial charge >= 0.3 is 0 Å². The molecule has 0 radical (unpaired) electrons. The predicted molar refractivity (Wildman–Crippen MR) is 74.3 cm³/mol. The molecule has 0 saturated carbocycles. The minimum Gasteiger partial charge on any atom is -0.496 e. The fourth-order valence-corrected chi connectivity index (χ4v) is 2.08. The summed E-state index contributed by atoms with van der Waals surface area (Å²) in [4.78, 5) is 4.27. The van der Waals surface area contributed by atoms with Gasteiger partial charge in [0.15, 0.2) is 0 Å². The van der Waals surface area contributed by atoms with Crippen LogP contribution < -0.4 is 10.1 Å².